The summed E-state index contributed by atoms with van der Waals surface area (Å²) in [5, 5.41) is 10.0. The predicted octanol–water partition coefficient (Wildman–Crippen LogP) is 5.13. The van der Waals surface area contributed by atoms with E-state index >= 15 is 0 Å². The number of fused-ring (bicyclic) bond motifs is 1. The highest BCUT2D eigenvalue weighted by molar-refractivity contribution is 6.31. The van der Waals surface area contributed by atoms with Crippen molar-refractivity contribution >= 4 is 34.2 Å². The van der Waals surface area contributed by atoms with E-state index in [1.807, 2.05) is 11.0 Å². The summed E-state index contributed by atoms with van der Waals surface area (Å²) >= 11 is 6.26. The fraction of sp³-hybridized carbons (Fsp3) is 0.250. The molecule has 1 saturated heterocycles. The summed E-state index contributed by atoms with van der Waals surface area (Å²) in [7, 11) is 0. The van der Waals surface area contributed by atoms with Crippen molar-refractivity contribution in [1.29, 1.82) is 0 Å². The second-order valence-corrected chi connectivity index (χ2v) is 7.46. The van der Waals surface area contributed by atoms with Crippen LogP contribution in [-0.2, 0) is 11.0 Å². The van der Waals surface area contributed by atoms with Crippen molar-refractivity contribution in [3.63, 3.8) is 0 Å². The Hall–Kier alpha value is -2.67. The van der Waals surface area contributed by atoms with E-state index in [-0.39, 0.29) is 0 Å². The lowest BCUT2D eigenvalue weighted by atomic mass is 9.99. The second-order valence-electron chi connectivity index (χ2n) is 7.02. The molecule has 2 heterocycles. The van der Waals surface area contributed by atoms with Crippen LogP contribution in [0.5, 0.6) is 0 Å². The Labute approximate surface area is 163 Å². The molecule has 8 heteroatoms. The van der Waals surface area contributed by atoms with E-state index in [0.29, 0.717) is 34.7 Å². The molecule has 1 fully saturated rings. The minimum Gasteiger partial charge on any atom is -0.481 e. The summed E-state index contributed by atoms with van der Waals surface area (Å²) in [5.74, 6) is -1.23. The van der Waals surface area contributed by atoms with Crippen LogP contribution in [0.25, 0.3) is 16.6 Å². The largest absolute Gasteiger partial charge is 0.481 e. The van der Waals surface area contributed by atoms with Gasteiger partial charge in [0, 0.05) is 41.1 Å². The fourth-order valence-electron chi connectivity index (χ4n) is 3.51. The van der Waals surface area contributed by atoms with Crippen LogP contribution in [0, 0.1) is 12.8 Å². The molecule has 28 heavy (non-hydrogen) atoms. The Bertz CT molecular complexity index is 1080. The lowest BCUT2D eigenvalue weighted by Crippen LogP contribution is -2.50. The third kappa shape index (κ3) is 3.20. The van der Waals surface area contributed by atoms with E-state index in [4.69, 9.17) is 16.7 Å². The average molecular weight is 409 g/mol. The van der Waals surface area contributed by atoms with Crippen LogP contribution in [0.1, 0.15) is 11.1 Å². The molecule has 0 radical (unpaired) electrons. The number of hydrogen-bond donors (Lipinski definition) is 1. The first-order valence-electron chi connectivity index (χ1n) is 8.61. The van der Waals surface area contributed by atoms with Crippen LogP contribution in [-0.4, -0.2) is 28.7 Å². The summed E-state index contributed by atoms with van der Waals surface area (Å²) in [6.07, 6.45) is -2.62. The SMILES string of the molecule is Cc1cn(-c2cc(Cl)cc(N3CC(C(=O)O)C3)c2)c2ccc(C(F)(F)F)cc12. The molecule has 1 aromatic heterocycles. The number of alkyl halides is 3. The van der Waals surface area contributed by atoms with Crippen LogP contribution in [0.15, 0.2) is 42.6 Å². The molecule has 4 nitrogen and oxygen atoms in total. The van der Waals surface area contributed by atoms with Gasteiger partial charge >= 0.3 is 12.1 Å². The van der Waals surface area contributed by atoms with Crippen LogP contribution in [0.3, 0.4) is 0 Å². The number of carboxylic acid groups (broad SMARTS) is 1. The molecule has 0 spiro atoms. The first kappa shape index (κ1) is 18.7. The molecule has 4 rings (SSSR count). The standard InChI is InChI=1S/C20H16ClF3N2O2/c1-11-8-26(18-3-2-13(4-17(11)18)20(22,23)24)16-6-14(21)5-15(7-16)25-9-12(10-25)19(27)28/h2-8,12H,9-10H2,1H3,(H,27,28). The topological polar surface area (TPSA) is 45.5 Å². The highest BCUT2D eigenvalue weighted by atomic mass is 35.5. The van der Waals surface area contributed by atoms with Crippen molar-refractivity contribution in [2.75, 3.05) is 18.0 Å². The summed E-state index contributed by atoms with van der Waals surface area (Å²) in [6.45, 7) is 2.56. The maximum atomic E-state index is 13.0. The fourth-order valence-corrected chi connectivity index (χ4v) is 3.73. The Kier molecular flexibility index (Phi) is 4.30. The van der Waals surface area contributed by atoms with E-state index in [1.54, 1.807) is 29.8 Å². The second kappa shape index (κ2) is 6.44. The van der Waals surface area contributed by atoms with E-state index in [0.717, 1.165) is 23.4 Å². The van der Waals surface area contributed by atoms with E-state index in [2.05, 4.69) is 0 Å². The molecule has 146 valence electrons. The van der Waals surface area contributed by atoms with Crippen LogP contribution < -0.4 is 4.90 Å². The number of aliphatic carboxylic acids is 1. The zero-order valence-electron chi connectivity index (χ0n) is 14.8. The monoisotopic (exact) mass is 408 g/mol. The number of carboxylic acids is 1. The normalized spacial score (nSPS) is 15.1. The van der Waals surface area contributed by atoms with E-state index in [1.165, 1.54) is 6.07 Å². The smallest absolute Gasteiger partial charge is 0.416 e. The lowest BCUT2D eigenvalue weighted by Gasteiger charge is -2.38. The van der Waals surface area contributed by atoms with Gasteiger partial charge in [0.05, 0.1) is 17.0 Å². The minimum atomic E-state index is -4.40. The molecule has 0 amide bonds. The van der Waals surface area contributed by atoms with Crippen LogP contribution >= 0.6 is 11.6 Å². The van der Waals surface area contributed by atoms with Gasteiger partial charge in [0.25, 0.3) is 0 Å². The van der Waals surface area contributed by atoms with Gasteiger partial charge < -0.3 is 14.6 Å². The maximum Gasteiger partial charge on any atom is 0.416 e. The Morgan fingerprint density at radius 2 is 1.82 bits per heavy atom. The summed E-state index contributed by atoms with van der Waals surface area (Å²) < 4.78 is 40.9. The number of carbonyl (C=O) groups is 1. The summed E-state index contributed by atoms with van der Waals surface area (Å²) in [4.78, 5) is 12.9. The summed E-state index contributed by atoms with van der Waals surface area (Å²) in [6, 6.07) is 9.02. The number of hydrogen-bond acceptors (Lipinski definition) is 2. The predicted molar refractivity (Wildman–Crippen MR) is 101 cm³/mol. The molecule has 0 bridgehead atoms. The van der Waals surface area contributed by atoms with Gasteiger partial charge in [-0.2, -0.15) is 13.2 Å². The first-order chi connectivity index (χ1) is 13.1. The molecule has 0 saturated carbocycles. The maximum absolute atomic E-state index is 13.0. The van der Waals surface area contributed by atoms with Gasteiger partial charge in [0.15, 0.2) is 0 Å². The molecule has 2 aromatic carbocycles. The number of rotatable bonds is 3. The van der Waals surface area contributed by atoms with E-state index < -0.39 is 23.6 Å². The highest BCUT2D eigenvalue weighted by Gasteiger charge is 2.33. The minimum absolute atomic E-state index is 0.398. The zero-order valence-corrected chi connectivity index (χ0v) is 15.6. The molecule has 3 aromatic rings. The van der Waals surface area contributed by atoms with Crippen LogP contribution in [0.4, 0.5) is 18.9 Å². The van der Waals surface area contributed by atoms with E-state index in [9.17, 15) is 18.0 Å². The van der Waals surface area contributed by atoms with Gasteiger partial charge in [-0.15, -0.1) is 0 Å². The zero-order chi connectivity index (χ0) is 20.2. The third-order valence-electron chi connectivity index (χ3n) is 5.07. The van der Waals surface area contributed by atoms with Gasteiger partial charge in [0.1, 0.15) is 0 Å². The van der Waals surface area contributed by atoms with Gasteiger partial charge in [-0.25, -0.2) is 0 Å². The number of halogens is 4. The van der Waals surface area contributed by atoms with Gasteiger partial charge in [-0.3, -0.25) is 4.79 Å². The lowest BCUT2D eigenvalue weighted by molar-refractivity contribution is -0.142. The van der Waals surface area contributed by atoms with Gasteiger partial charge in [-0.1, -0.05) is 11.6 Å². The molecule has 0 aliphatic carbocycles. The Morgan fingerprint density at radius 1 is 1.14 bits per heavy atom. The summed E-state index contributed by atoms with van der Waals surface area (Å²) in [5.41, 5.74) is 2.17. The number of anilines is 1. The molecular weight excluding hydrogens is 393 g/mol. The Morgan fingerprint density at radius 3 is 2.46 bits per heavy atom. The number of aromatic nitrogens is 1. The molecule has 0 atom stereocenters. The van der Waals surface area contributed by atoms with Gasteiger partial charge in [0.2, 0.25) is 0 Å². The molecule has 0 unspecified atom stereocenters. The molecule has 1 aliphatic rings. The molecule has 1 N–H and O–H groups in total. The van der Waals surface area contributed by atoms with Crippen molar-refractivity contribution in [1.82, 2.24) is 4.57 Å². The number of benzene rings is 2. The first-order valence-corrected chi connectivity index (χ1v) is 8.99. The third-order valence-corrected chi connectivity index (χ3v) is 5.29. The molecule has 1 aliphatic heterocycles. The van der Waals surface area contributed by atoms with Crippen molar-refractivity contribution < 1.29 is 23.1 Å². The average Bonchev–Trinajstić information content (AvgIpc) is 2.88. The van der Waals surface area contributed by atoms with Crippen molar-refractivity contribution in [2.24, 2.45) is 5.92 Å². The Balaban J connectivity index is 1.75. The van der Waals surface area contributed by atoms with Gasteiger partial charge in [-0.05, 0) is 48.9 Å². The molecular formula is C20H16ClF3N2O2. The van der Waals surface area contributed by atoms with Crippen molar-refractivity contribution in [3.05, 3.63) is 58.7 Å². The van der Waals surface area contributed by atoms with Crippen molar-refractivity contribution in [2.45, 2.75) is 13.1 Å². The number of aryl methyl sites for hydroxylation is 1. The van der Waals surface area contributed by atoms with Crippen LogP contribution in [0.2, 0.25) is 5.02 Å². The number of nitrogens with zero attached hydrogens (tertiary/aromatic N) is 2. The highest BCUT2D eigenvalue weighted by Crippen LogP contribution is 2.35. The quantitative estimate of drug-likeness (QED) is 0.653. The van der Waals surface area contributed by atoms with Crippen molar-refractivity contribution in [3.8, 4) is 5.69 Å².